The molecule has 0 spiro atoms. The number of hydrogen-bond donors (Lipinski definition) is 0. The fraction of sp³-hybridized carbons (Fsp3) is 0.400. The van der Waals surface area contributed by atoms with Crippen molar-refractivity contribution in [2.75, 3.05) is 5.75 Å². The molecule has 4 rings (SSSR count). The van der Waals surface area contributed by atoms with Crippen LogP contribution in [0.5, 0.6) is 5.75 Å². The minimum atomic E-state index is 0.162. The molecule has 0 bridgehead atoms. The number of benzene rings is 2. The summed E-state index contributed by atoms with van der Waals surface area (Å²) in [7, 11) is 0. The second-order valence-electron chi connectivity index (χ2n) is 8.34. The number of rotatable bonds is 7. The molecule has 2 unspecified atom stereocenters. The SMILES string of the molecule is Cc1ccccc1OCc1nnc(SCC(=O)N2C(C)CCCC2C)n1-c1ccccc1. The van der Waals surface area contributed by atoms with Crippen LogP contribution in [0.15, 0.2) is 59.8 Å². The minimum Gasteiger partial charge on any atom is -0.485 e. The molecule has 168 valence electrons. The van der Waals surface area contributed by atoms with Gasteiger partial charge in [-0.15, -0.1) is 10.2 Å². The van der Waals surface area contributed by atoms with Gasteiger partial charge < -0.3 is 9.64 Å². The summed E-state index contributed by atoms with van der Waals surface area (Å²) in [4.78, 5) is 15.1. The van der Waals surface area contributed by atoms with E-state index in [1.165, 1.54) is 18.2 Å². The summed E-state index contributed by atoms with van der Waals surface area (Å²) in [6, 6.07) is 18.5. The fourth-order valence-corrected chi connectivity index (χ4v) is 5.14. The van der Waals surface area contributed by atoms with E-state index < -0.39 is 0 Å². The standard InChI is InChI=1S/C25H30N4O2S/c1-18-10-7-8-15-22(18)31-16-23-26-27-25(29(23)21-13-5-4-6-14-21)32-17-24(30)28-19(2)11-9-12-20(28)3/h4-8,10,13-15,19-20H,9,11-12,16-17H2,1-3H3. The van der Waals surface area contributed by atoms with Gasteiger partial charge >= 0.3 is 0 Å². The van der Waals surface area contributed by atoms with Crippen LogP contribution in [0, 0.1) is 6.92 Å². The molecule has 0 N–H and O–H groups in total. The highest BCUT2D eigenvalue weighted by atomic mass is 32.2. The van der Waals surface area contributed by atoms with Gasteiger partial charge in [0.2, 0.25) is 5.91 Å². The molecule has 0 radical (unpaired) electrons. The lowest BCUT2D eigenvalue weighted by Crippen LogP contribution is -2.48. The summed E-state index contributed by atoms with van der Waals surface area (Å²) in [6.45, 7) is 6.60. The van der Waals surface area contributed by atoms with E-state index in [0.29, 0.717) is 23.3 Å². The van der Waals surface area contributed by atoms with Crippen molar-refractivity contribution >= 4 is 17.7 Å². The Labute approximate surface area is 194 Å². The van der Waals surface area contributed by atoms with E-state index in [4.69, 9.17) is 4.74 Å². The molecule has 2 heterocycles. The first-order valence-corrected chi connectivity index (χ1v) is 12.1. The Morgan fingerprint density at radius 3 is 2.44 bits per heavy atom. The van der Waals surface area contributed by atoms with E-state index in [1.807, 2.05) is 71.0 Å². The number of amides is 1. The first-order valence-electron chi connectivity index (χ1n) is 11.2. The maximum Gasteiger partial charge on any atom is 0.233 e. The van der Waals surface area contributed by atoms with Gasteiger partial charge in [-0.1, -0.05) is 48.2 Å². The predicted octanol–water partition coefficient (Wildman–Crippen LogP) is 5.04. The molecule has 1 fully saturated rings. The highest BCUT2D eigenvalue weighted by Gasteiger charge is 2.29. The van der Waals surface area contributed by atoms with Gasteiger partial charge in [0.1, 0.15) is 12.4 Å². The molecule has 1 aliphatic rings. The van der Waals surface area contributed by atoms with Crippen molar-refractivity contribution in [3.63, 3.8) is 0 Å². The van der Waals surface area contributed by atoms with Crippen LogP contribution in [0.3, 0.4) is 0 Å². The Morgan fingerprint density at radius 2 is 1.72 bits per heavy atom. The van der Waals surface area contributed by atoms with Crippen LogP contribution in [-0.2, 0) is 11.4 Å². The molecule has 1 amide bonds. The van der Waals surface area contributed by atoms with E-state index in [0.717, 1.165) is 29.8 Å². The average molecular weight is 451 g/mol. The van der Waals surface area contributed by atoms with Gasteiger partial charge in [0.25, 0.3) is 0 Å². The smallest absolute Gasteiger partial charge is 0.233 e. The van der Waals surface area contributed by atoms with E-state index in [-0.39, 0.29) is 18.0 Å². The number of likely N-dealkylation sites (tertiary alicyclic amines) is 1. The lowest BCUT2D eigenvalue weighted by Gasteiger charge is -2.39. The van der Waals surface area contributed by atoms with E-state index in [9.17, 15) is 4.79 Å². The topological polar surface area (TPSA) is 60.3 Å². The second kappa shape index (κ2) is 10.2. The first kappa shape index (κ1) is 22.4. The molecule has 1 aromatic heterocycles. The van der Waals surface area contributed by atoms with Crippen molar-refractivity contribution < 1.29 is 9.53 Å². The van der Waals surface area contributed by atoms with Gasteiger partial charge in [0.15, 0.2) is 11.0 Å². The number of aryl methyl sites for hydroxylation is 1. The zero-order valence-electron chi connectivity index (χ0n) is 18.9. The zero-order valence-corrected chi connectivity index (χ0v) is 19.7. The molecular weight excluding hydrogens is 420 g/mol. The van der Waals surface area contributed by atoms with Crippen molar-refractivity contribution in [3.05, 3.63) is 66.0 Å². The summed E-state index contributed by atoms with van der Waals surface area (Å²) in [5, 5.41) is 9.51. The molecule has 2 aromatic carbocycles. The molecule has 32 heavy (non-hydrogen) atoms. The molecular formula is C25H30N4O2S. The molecule has 0 aliphatic carbocycles. The van der Waals surface area contributed by atoms with Crippen LogP contribution < -0.4 is 4.74 Å². The van der Waals surface area contributed by atoms with Gasteiger partial charge in [-0.2, -0.15) is 0 Å². The predicted molar refractivity (Wildman–Crippen MR) is 127 cm³/mol. The molecule has 2 atom stereocenters. The van der Waals surface area contributed by atoms with Crippen molar-refractivity contribution in [3.8, 4) is 11.4 Å². The van der Waals surface area contributed by atoms with E-state index in [1.54, 1.807) is 0 Å². The minimum absolute atomic E-state index is 0.162. The number of thioether (sulfide) groups is 1. The normalized spacial score (nSPS) is 18.5. The Hall–Kier alpha value is -2.80. The summed E-state index contributed by atoms with van der Waals surface area (Å²) in [5.74, 6) is 2.04. The quantitative estimate of drug-likeness (QED) is 0.472. The summed E-state index contributed by atoms with van der Waals surface area (Å²) < 4.78 is 8.02. The first-order chi connectivity index (χ1) is 15.5. The molecule has 6 nitrogen and oxygen atoms in total. The van der Waals surface area contributed by atoms with Crippen LogP contribution in [0.4, 0.5) is 0 Å². The van der Waals surface area contributed by atoms with Gasteiger partial charge in [0, 0.05) is 17.8 Å². The van der Waals surface area contributed by atoms with Crippen LogP contribution in [-0.4, -0.2) is 43.4 Å². The molecule has 1 aliphatic heterocycles. The van der Waals surface area contributed by atoms with E-state index >= 15 is 0 Å². The largest absolute Gasteiger partial charge is 0.485 e. The fourth-order valence-electron chi connectivity index (χ4n) is 4.30. The number of ether oxygens (including phenoxy) is 1. The number of carbonyl (C=O) groups excluding carboxylic acids is 1. The number of hydrogen-bond acceptors (Lipinski definition) is 5. The lowest BCUT2D eigenvalue weighted by molar-refractivity contribution is -0.134. The molecule has 1 saturated heterocycles. The van der Waals surface area contributed by atoms with Gasteiger partial charge in [0.05, 0.1) is 5.75 Å². The molecule has 7 heteroatoms. The lowest BCUT2D eigenvalue weighted by atomic mass is 9.98. The van der Waals surface area contributed by atoms with Crippen LogP contribution >= 0.6 is 11.8 Å². The van der Waals surface area contributed by atoms with Crippen molar-refractivity contribution in [2.45, 2.75) is 63.9 Å². The van der Waals surface area contributed by atoms with Crippen LogP contribution in [0.1, 0.15) is 44.5 Å². The number of piperidine rings is 1. The van der Waals surface area contributed by atoms with Crippen molar-refractivity contribution in [1.82, 2.24) is 19.7 Å². The van der Waals surface area contributed by atoms with Crippen LogP contribution in [0.25, 0.3) is 5.69 Å². The van der Waals surface area contributed by atoms with Crippen molar-refractivity contribution in [1.29, 1.82) is 0 Å². The Morgan fingerprint density at radius 1 is 1.03 bits per heavy atom. The third-order valence-electron chi connectivity index (χ3n) is 5.97. The monoisotopic (exact) mass is 450 g/mol. The molecule has 3 aromatic rings. The maximum absolute atomic E-state index is 13.0. The van der Waals surface area contributed by atoms with Gasteiger partial charge in [-0.25, -0.2) is 0 Å². The Bertz CT molecular complexity index is 1040. The summed E-state index contributed by atoms with van der Waals surface area (Å²) >= 11 is 1.44. The second-order valence-corrected chi connectivity index (χ2v) is 9.29. The van der Waals surface area contributed by atoms with Gasteiger partial charge in [-0.3, -0.25) is 9.36 Å². The Kier molecular flexibility index (Phi) is 7.15. The highest BCUT2D eigenvalue weighted by Crippen LogP contribution is 2.27. The van der Waals surface area contributed by atoms with Gasteiger partial charge in [-0.05, 0) is 63.8 Å². The summed E-state index contributed by atoms with van der Waals surface area (Å²) in [5.41, 5.74) is 2.03. The number of carbonyl (C=O) groups is 1. The number of aromatic nitrogens is 3. The molecule has 0 saturated carbocycles. The highest BCUT2D eigenvalue weighted by molar-refractivity contribution is 7.99. The van der Waals surface area contributed by atoms with Crippen molar-refractivity contribution in [2.24, 2.45) is 0 Å². The maximum atomic E-state index is 13.0. The third kappa shape index (κ3) is 4.99. The average Bonchev–Trinajstić information content (AvgIpc) is 3.20. The van der Waals surface area contributed by atoms with E-state index in [2.05, 4.69) is 24.0 Å². The van der Waals surface area contributed by atoms with Crippen LogP contribution in [0.2, 0.25) is 0 Å². The number of nitrogens with zero attached hydrogens (tertiary/aromatic N) is 4. The summed E-state index contributed by atoms with van der Waals surface area (Å²) in [6.07, 6.45) is 3.33. The number of para-hydroxylation sites is 2. The Balaban J connectivity index is 1.53. The zero-order chi connectivity index (χ0) is 22.5. The third-order valence-corrected chi connectivity index (χ3v) is 6.89.